The van der Waals surface area contributed by atoms with Crippen LogP contribution >= 0.6 is 0 Å². The van der Waals surface area contributed by atoms with E-state index in [1.165, 1.54) is 6.26 Å². The Morgan fingerprint density at radius 2 is 1.81 bits per heavy atom. The van der Waals surface area contributed by atoms with Crippen LogP contribution < -0.4 is 5.32 Å². The molecule has 1 aromatic carbocycles. The van der Waals surface area contributed by atoms with Crippen molar-refractivity contribution in [1.29, 1.82) is 0 Å². The number of rotatable bonds is 8. The summed E-state index contributed by atoms with van der Waals surface area (Å²) >= 11 is 0. The monoisotopic (exact) mass is 313 g/mol. The third-order valence-electron chi connectivity index (χ3n) is 3.71. The summed E-state index contributed by atoms with van der Waals surface area (Å²) in [7, 11) is -3.14. The fraction of sp³-hybridized carbons (Fsp3) is 0.625. The van der Waals surface area contributed by atoms with Crippen LogP contribution in [0.2, 0.25) is 0 Å². The molecule has 2 N–H and O–H groups in total. The lowest BCUT2D eigenvalue weighted by Crippen LogP contribution is -2.31. The summed E-state index contributed by atoms with van der Waals surface area (Å²) in [6, 6.07) is 7.18. The van der Waals surface area contributed by atoms with Crippen LogP contribution in [0.25, 0.3) is 0 Å². The Morgan fingerprint density at radius 3 is 2.29 bits per heavy atom. The molecule has 0 spiro atoms. The molecule has 21 heavy (non-hydrogen) atoms. The first-order valence-corrected chi connectivity index (χ1v) is 9.19. The fourth-order valence-electron chi connectivity index (χ4n) is 2.20. The molecule has 0 aromatic heterocycles. The zero-order valence-corrected chi connectivity index (χ0v) is 14.2. The Kier molecular flexibility index (Phi) is 6.38. The Morgan fingerprint density at radius 1 is 1.24 bits per heavy atom. The molecular formula is C16H27NO3S. The number of nitrogens with one attached hydrogen (secondary N) is 1. The molecule has 0 saturated heterocycles. The van der Waals surface area contributed by atoms with E-state index >= 15 is 0 Å². The third kappa shape index (κ3) is 6.16. The fourth-order valence-corrected chi connectivity index (χ4v) is 2.83. The minimum absolute atomic E-state index is 0.129. The SMILES string of the molecule is CC(NCC(C)(C)CCCO)c1ccc(S(C)(=O)=O)cc1. The first kappa shape index (κ1) is 18.1. The zero-order chi connectivity index (χ0) is 16.1. The number of aliphatic hydroxyl groups is 1. The lowest BCUT2D eigenvalue weighted by Gasteiger charge is -2.27. The van der Waals surface area contributed by atoms with Crippen LogP contribution in [0.1, 0.15) is 45.2 Å². The van der Waals surface area contributed by atoms with Crippen LogP contribution in [-0.2, 0) is 9.84 Å². The quantitative estimate of drug-likeness (QED) is 0.774. The molecular weight excluding hydrogens is 286 g/mol. The molecule has 0 heterocycles. The van der Waals surface area contributed by atoms with E-state index in [0.717, 1.165) is 24.9 Å². The second-order valence-electron chi connectivity index (χ2n) is 6.44. The van der Waals surface area contributed by atoms with Gasteiger partial charge in [0.25, 0.3) is 0 Å². The van der Waals surface area contributed by atoms with E-state index in [0.29, 0.717) is 4.90 Å². The van der Waals surface area contributed by atoms with E-state index in [1.807, 2.05) is 12.1 Å². The second-order valence-corrected chi connectivity index (χ2v) is 8.45. The topological polar surface area (TPSA) is 66.4 Å². The lowest BCUT2D eigenvalue weighted by atomic mass is 9.87. The molecule has 0 bridgehead atoms. The summed E-state index contributed by atoms with van der Waals surface area (Å²) in [4.78, 5) is 0.349. The molecule has 1 rings (SSSR count). The summed E-state index contributed by atoms with van der Waals surface area (Å²) in [5.74, 6) is 0. The van der Waals surface area contributed by atoms with Gasteiger partial charge in [-0.1, -0.05) is 26.0 Å². The molecule has 0 amide bonds. The largest absolute Gasteiger partial charge is 0.396 e. The van der Waals surface area contributed by atoms with Crippen molar-refractivity contribution < 1.29 is 13.5 Å². The van der Waals surface area contributed by atoms with Gasteiger partial charge in [-0.15, -0.1) is 0 Å². The van der Waals surface area contributed by atoms with E-state index < -0.39 is 9.84 Å². The van der Waals surface area contributed by atoms with Gasteiger partial charge in [0, 0.05) is 25.4 Å². The van der Waals surface area contributed by atoms with Gasteiger partial charge in [-0.3, -0.25) is 0 Å². The van der Waals surface area contributed by atoms with Crippen molar-refractivity contribution in [3.05, 3.63) is 29.8 Å². The minimum Gasteiger partial charge on any atom is -0.396 e. The van der Waals surface area contributed by atoms with Crippen molar-refractivity contribution >= 4 is 9.84 Å². The van der Waals surface area contributed by atoms with Gasteiger partial charge in [-0.2, -0.15) is 0 Å². The normalized spacial score (nSPS) is 14.1. The van der Waals surface area contributed by atoms with Crippen molar-refractivity contribution in [3.8, 4) is 0 Å². The molecule has 120 valence electrons. The van der Waals surface area contributed by atoms with E-state index in [9.17, 15) is 8.42 Å². The molecule has 1 atom stereocenters. The lowest BCUT2D eigenvalue weighted by molar-refractivity contribution is 0.233. The first-order chi connectivity index (χ1) is 9.65. The predicted molar refractivity (Wildman–Crippen MR) is 86.1 cm³/mol. The number of hydrogen-bond acceptors (Lipinski definition) is 4. The zero-order valence-electron chi connectivity index (χ0n) is 13.4. The summed E-state index contributed by atoms with van der Waals surface area (Å²) in [6.45, 7) is 7.50. The predicted octanol–water partition coefficient (Wildman–Crippen LogP) is 2.54. The molecule has 0 aliphatic heterocycles. The van der Waals surface area contributed by atoms with Gasteiger partial charge in [0.2, 0.25) is 0 Å². The third-order valence-corrected chi connectivity index (χ3v) is 4.84. The maximum absolute atomic E-state index is 11.4. The van der Waals surface area contributed by atoms with E-state index in [4.69, 9.17) is 5.11 Å². The number of benzene rings is 1. The molecule has 0 radical (unpaired) electrons. The summed E-state index contributed by atoms with van der Waals surface area (Å²) < 4.78 is 22.9. The average Bonchev–Trinajstić information content (AvgIpc) is 2.42. The highest BCUT2D eigenvalue weighted by molar-refractivity contribution is 7.90. The van der Waals surface area contributed by atoms with Crippen LogP contribution in [-0.4, -0.2) is 32.9 Å². The Labute approximate surface area is 128 Å². The Hall–Kier alpha value is -0.910. The molecule has 0 aliphatic rings. The van der Waals surface area contributed by atoms with Crippen molar-refractivity contribution in [1.82, 2.24) is 5.32 Å². The van der Waals surface area contributed by atoms with Crippen LogP contribution in [0.3, 0.4) is 0 Å². The molecule has 0 aliphatic carbocycles. The van der Waals surface area contributed by atoms with Crippen molar-refractivity contribution in [2.45, 2.75) is 44.6 Å². The minimum atomic E-state index is -3.14. The maximum Gasteiger partial charge on any atom is 0.175 e. The maximum atomic E-state index is 11.4. The molecule has 0 fully saturated rings. The molecule has 5 heteroatoms. The van der Waals surface area contributed by atoms with Crippen LogP contribution in [0.4, 0.5) is 0 Å². The molecule has 1 aromatic rings. The van der Waals surface area contributed by atoms with Crippen LogP contribution in [0.15, 0.2) is 29.2 Å². The highest BCUT2D eigenvalue weighted by Crippen LogP contribution is 2.23. The van der Waals surface area contributed by atoms with Gasteiger partial charge in [0.05, 0.1) is 4.90 Å². The standard InChI is InChI=1S/C16H27NO3S/c1-13(17-12-16(2,3)10-5-11-18)14-6-8-15(9-7-14)21(4,19)20/h6-9,13,17-18H,5,10-12H2,1-4H3. The van der Waals surface area contributed by atoms with Crippen molar-refractivity contribution in [3.63, 3.8) is 0 Å². The van der Waals surface area contributed by atoms with Gasteiger partial charge in [-0.05, 0) is 42.9 Å². The summed E-state index contributed by atoms with van der Waals surface area (Å²) in [5, 5.41) is 12.4. The Bertz CT molecular complexity index is 535. The second kappa shape index (κ2) is 7.38. The summed E-state index contributed by atoms with van der Waals surface area (Å²) in [5.41, 5.74) is 1.20. The van der Waals surface area contributed by atoms with Gasteiger partial charge < -0.3 is 10.4 Å². The highest BCUT2D eigenvalue weighted by Gasteiger charge is 2.18. The average molecular weight is 313 g/mol. The first-order valence-electron chi connectivity index (χ1n) is 7.30. The van der Waals surface area contributed by atoms with Gasteiger partial charge >= 0.3 is 0 Å². The summed E-state index contributed by atoms with van der Waals surface area (Å²) in [6.07, 6.45) is 3.00. The molecule has 4 nitrogen and oxygen atoms in total. The molecule has 1 unspecified atom stereocenters. The number of aliphatic hydroxyl groups excluding tert-OH is 1. The van der Waals surface area contributed by atoms with E-state index in [2.05, 4.69) is 26.1 Å². The van der Waals surface area contributed by atoms with Crippen molar-refractivity contribution in [2.75, 3.05) is 19.4 Å². The molecule has 0 saturated carbocycles. The van der Waals surface area contributed by atoms with Crippen LogP contribution in [0.5, 0.6) is 0 Å². The van der Waals surface area contributed by atoms with E-state index in [-0.39, 0.29) is 18.1 Å². The van der Waals surface area contributed by atoms with Gasteiger partial charge in [-0.25, -0.2) is 8.42 Å². The van der Waals surface area contributed by atoms with Crippen LogP contribution in [0, 0.1) is 5.41 Å². The smallest absolute Gasteiger partial charge is 0.175 e. The number of hydrogen-bond donors (Lipinski definition) is 2. The Balaban J connectivity index is 2.62. The van der Waals surface area contributed by atoms with Gasteiger partial charge in [0.1, 0.15) is 0 Å². The highest BCUT2D eigenvalue weighted by atomic mass is 32.2. The van der Waals surface area contributed by atoms with Gasteiger partial charge in [0.15, 0.2) is 9.84 Å². The van der Waals surface area contributed by atoms with E-state index in [1.54, 1.807) is 12.1 Å². The number of sulfone groups is 1. The van der Waals surface area contributed by atoms with Crippen molar-refractivity contribution in [2.24, 2.45) is 5.41 Å².